The summed E-state index contributed by atoms with van der Waals surface area (Å²) in [6.07, 6.45) is 6.88. The molecule has 1 saturated heterocycles. The number of nitrogens with zero attached hydrogens (tertiary/aromatic N) is 1. The van der Waals surface area contributed by atoms with Crippen LogP contribution in [0.1, 0.15) is 39.0 Å². The molecular formula is C15H23N3O2. The van der Waals surface area contributed by atoms with Gasteiger partial charge in [-0.2, -0.15) is 0 Å². The molecule has 2 N–H and O–H groups in total. The van der Waals surface area contributed by atoms with Crippen molar-refractivity contribution in [3.8, 4) is 0 Å². The molecule has 2 heterocycles. The maximum absolute atomic E-state index is 12.2. The van der Waals surface area contributed by atoms with E-state index in [1.54, 1.807) is 16.8 Å². The van der Waals surface area contributed by atoms with Gasteiger partial charge in [-0.25, -0.2) is 0 Å². The smallest absolute Gasteiger partial charge is 0.250 e. The van der Waals surface area contributed by atoms with Gasteiger partial charge in [-0.1, -0.05) is 19.8 Å². The lowest BCUT2D eigenvalue weighted by Gasteiger charge is -2.16. The molecule has 0 spiro atoms. The number of carbonyl (C=O) groups excluding carboxylic acids is 1. The zero-order valence-electron chi connectivity index (χ0n) is 12.0. The summed E-state index contributed by atoms with van der Waals surface area (Å²) in [7, 11) is 0. The highest BCUT2D eigenvalue weighted by atomic mass is 16.2. The van der Waals surface area contributed by atoms with Crippen molar-refractivity contribution in [1.29, 1.82) is 0 Å². The van der Waals surface area contributed by atoms with Crippen LogP contribution in [0.3, 0.4) is 0 Å². The third-order valence-corrected chi connectivity index (χ3v) is 3.59. The Morgan fingerprint density at radius 3 is 3.05 bits per heavy atom. The van der Waals surface area contributed by atoms with Crippen LogP contribution in [0.25, 0.3) is 0 Å². The molecule has 1 aromatic rings. The van der Waals surface area contributed by atoms with Gasteiger partial charge in [0.15, 0.2) is 0 Å². The largest absolute Gasteiger partial charge is 0.323 e. The Morgan fingerprint density at radius 2 is 2.25 bits per heavy atom. The number of nitrogens with one attached hydrogen (secondary N) is 2. The molecule has 2 rings (SSSR count). The van der Waals surface area contributed by atoms with Gasteiger partial charge in [-0.15, -0.1) is 0 Å². The zero-order valence-corrected chi connectivity index (χ0v) is 12.0. The first-order valence-electron chi connectivity index (χ1n) is 7.45. The molecule has 1 aliphatic rings. The van der Waals surface area contributed by atoms with Crippen molar-refractivity contribution >= 4 is 11.6 Å². The highest BCUT2D eigenvalue weighted by Gasteiger charge is 2.19. The Labute approximate surface area is 119 Å². The van der Waals surface area contributed by atoms with E-state index in [1.807, 2.05) is 6.92 Å². The van der Waals surface area contributed by atoms with Gasteiger partial charge in [0.1, 0.15) is 0 Å². The highest BCUT2D eigenvalue weighted by Crippen LogP contribution is 2.11. The second-order valence-corrected chi connectivity index (χ2v) is 5.29. The summed E-state index contributed by atoms with van der Waals surface area (Å²) in [5.74, 6) is -0.00593. The first-order valence-corrected chi connectivity index (χ1v) is 7.45. The highest BCUT2D eigenvalue weighted by molar-refractivity contribution is 5.94. The topological polar surface area (TPSA) is 63.1 Å². The van der Waals surface area contributed by atoms with Gasteiger partial charge in [-0.05, 0) is 31.9 Å². The fraction of sp³-hybridized carbons (Fsp3) is 0.600. The van der Waals surface area contributed by atoms with E-state index in [0.29, 0.717) is 12.2 Å². The van der Waals surface area contributed by atoms with E-state index in [-0.39, 0.29) is 17.5 Å². The molecule has 1 aromatic heterocycles. The lowest BCUT2D eigenvalue weighted by molar-refractivity contribution is -0.118. The summed E-state index contributed by atoms with van der Waals surface area (Å²) in [5.41, 5.74) is 0.659. The second kappa shape index (κ2) is 7.24. The maximum Gasteiger partial charge on any atom is 0.250 e. The van der Waals surface area contributed by atoms with E-state index in [2.05, 4.69) is 10.6 Å². The number of pyridine rings is 1. The van der Waals surface area contributed by atoms with Crippen molar-refractivity contribution < 1.29 is 4.79 Å². The molecule has 20 heavy (non-hydrogen) atoms. The zero-order chi connectivity index (χ0) is 14.4. The van der Waals surface area contributed by atoms with Gasteiger partial charge >= 0.3 is 0 Å². The minimum atomic E-state index is -0.121. The van der Waals surface area contributed by atoms with Crippen LogP contribution < -0.4 is 16.2 Å². The number of anilines is 1. The SMILES string of the molecule is CCCn1cc(NC(=O)C2CCCCCN2)ccc1=O. The molecule has 1 amide bonds. The first-order chi connectivity index (χ1) is 9.70. The van der Waals surface area contributed by atoms with Gasteiger partial charge in [0, 0.05) is 18.8 Å². The molecule has 1 unspecified atom stereocenters. The fourth-order valence-electron chi connectivity index (χ4n) is 2.50. The van der Waals surface area contributed by atoms with Gasteiger partial charge < -0.3 is 15.2 Å². The number of aromatic nitrogens is 1. The van der Waals surface area contributed by atoms with Crippen LogP contribution in [0.4, 0.5) is 5.69 Å². The third-order valence-electron chi connectivity index (χ3n) is 3.59. The van der Waals surface area contributed by atoms with Crippen LogP contribution in [0, 0.1) is 0 Å². The summed E-state index contributed by atoms with van der Waals surface area (Å²) < 4.78 is 1.64. The fourth-order valence-corrected chi connectivity index (χ4v) is 2.50. The number of hydrogen-bond acceptors (Lipinski definition) is 3. The van der Waals surface area contributed by atoms with E-state index < -0.39 is 0 Å². The van der Waals surface area contributed by atoms with E-state index in [1.165, 1.54) is 12.5 Å². The summed E-state index contributed by atoms with van der Waals surface area (Å²) in [5, 5.41) is 6.18. The van der Waals surface area contributed by atoms with Crippen LogP contribution in [-0.2, 0) is 11.3 Å². The Balaban J connectivity index is 2.03. The molecule has 5 heteroatoms. The van der Waals surface area contributed by atoms with Crippen LogP contribution in [0.15, 0.2) is 23.1 Å². The van der Waals surface area contributed by atoms with Crippen LogP contribution in [0.2, 0.25) is 0 Å². The Morgan fingerprint density at radius 1 is 1.40 bits per heavy atom. The van der Waals surface area contributed by atoms with Crippen LogP contribution in [-0.4, -0.2) is 23.1 Å². The summed E-state index contributed by atoms with van der Waals surface area (Å²) >= 11 is 0. The minimum Gasteiger partial charge on any atom is -0.323 e. The number of carbonyl (C=O) groups is 1. The molecule has 1 atom stereocenters. The molecule has 0 bridgehead atoms. The van der Waals surface area contributed by atoms with Crippen molar-refractivity contribution in [3.63, 3.8) is 0 Å². The summed E-state index contributed by atoms with van der Waals surface area (Å²) in [4.78, 5) is 23.8. The van der Waals surface area contributed by atoms with Crippen LogP contribution in [0.5, 0.6) is 0 Å². The molecule has 0 saturated carbocycles. The number of amides is 1. The number of hydrogen-bond donors (Lipinski definition) is 2. The maximum atomic E-state index is 12.2. The van der Waals surface area contributed by atoms with Crippen molar-refractivity contribution in [2.45, 2.75) is 51.6 Å². The summed E-state index contributed by atoms with van der Waals surface area (Å²) in [6.45, 7) is 3.59. The lowest BCUT2D eigenvalue weighted by Crippen LogP contribution is -2.40. The number of aryl methyl sites for hydroxylation is 1. The van der Waals surface area contributed by atoms with Gasteiger partial charge in [0.2, 0.25) is 5.91 Å². The molecule has 1 fully saturated rings. The lowest BCUT2D eigenvalue weighted by atomic mass is 10.1. The summed E-state index contributed by atoms with van der Waals surface area (Å²) in [6, 6.07) is 3.05. The van der Waals surface area contributed by atoms with Gasteiger partial charge in [0.25, 0.3) is 5.56 Å². The molecule has 110 valence electrons. The van der Waals surface area contributed by atoms with Crippen molar-refractivity contribution in [1.82, 2.24) is 9.88 Å². The molecule has 5 nitrogen and oxygen atoms in total. The van der Waals surface area contributed by atoms with E-state index in [0.717, 1.165) is 32.2 Å². The Hall–Kier alpha value is -1.62. The van der Waals surface area contributed by atoms with E-state index in [4.69, 9.17) is 0 Å². The quantitative estimate of drug-likeness (QED) is 0.881. The van der Waals surface area contributed by atoms with Crippen molar-refractivity contribution in [3.05, 3.63) is 28.7 Å². The minimum absolute atomic E-state index is 0.00593. The predicted octanol–water partition coefficient (Wildman–Crippen LogP) is 1.73. The Bertz CT molecular complexity index is 502. The van der Waals surface area contributed by atoms with Crippen molar-refractivity contribution in [2.24, 2.45) is 0 Å². The standard InChI is InChI=1S/C15H23N3O2/c1-2-10-18-11-12(7-8-14(18)19)17-15(20)13-6-4-3-5-9-16-13/h7-8,11,13,16H,2-6,9-10H2,1H3,(H,17,20). The van der Waals surface area contributed by atoms with Crippen molar-refractivity contribution in [2.75, 3.05) is 11.9 Å². The predicted molar refractivity (Wildman–Crippen MR) is 79.9 cm³/mol. The number of rotatable bonds is 4. The average Bonchev–Trinajstić information content (AvgIpc) is 2.72. The molecular weight excluding hydrogens is 254 g/mol. The normalized spacial score (nSPS) is 19.4. The molecule has 0 aliphatic carbocycles. The molecule has 0 aromatic carbocycles. The average molecular weight is 277 g/mol. The molecule has 0 radical (unpaired) electrons. The Kier molecular flexibility index (Phi) is 5.35. The van der Waals surface area contributed by atoms with E-state index in [9.17, 15) is 9.59 Å². The van der Waals surface area contributed by atoms with E-state index >= 15 is 0 Å². The van der Waals surface area contributed by atoms with Crippen LogP contribution >= 0.6 is 0 Å². The first kappa shape index (κ1) is 14.8. The van der Waals surface area contributed by atoms with Gasteiger partial charge in [0.05, 0.1) is 11.7 Å². The molecule has 1 aliphatic heterocycles. The second-order valence-electron chi connectivity index (χ2n) is 5.29. The third kappa shape index (κ3) is 3.93. The monoisotopic (exact) mass is 277 g/mol. The van der Waals surface area contributed by atoms with Gasteiger partial charge in [-0.3, -0.25) is 9.59 Å².